The molecule has 0 aromatic heterocycles. The van der Waals surface area contributed by atoms with Crippen molar-refractivity contribution in [2.75, 3.05) is 0 Å². The van der Waals surface area contributed by atoms with E-state index >= 15 is 0 Å². The van der Waals surface area contributed by atoms with Crippen LogP contribution in [0.3, 0.4) is 0 Å². The quantitative estimate of drug-likeness (QED) is 0.237. The van der Waals surface area contributed by atoms with Gasteiger partial charge in [0.1, 0.15) is 0 Å². The van der Waals surface area contributed by atoms with Gasteiger partial charge in [-0.05, 0) is 0 Å². The fraction of sp³-hybridized carbons (Fsp3) is 0.176. The Hall–Kier alpha value is -0.500. The van der Waals surface area contributed by atoms with Gasteiger partial charge in [-0.25, -0.2) is 0 Å². The van der Waals surface area contributed by atoms with E-state index in [1.165, 1.54) is 0 Å². The number of hydrogen-bond donors (Lipinski definition) is 0. The number of rotatable bonds is 1. The zero-order chi connectivity index (χ0) is 17.7. The van der Waals surface area contributed by atoms with E-state index in [0.717, 1.165) is 23.3 Å². The first-order chi connectivity index (χ1) is 11.1. The van der Waals surface area contributed by atoms with E-state index in [2.05, 4.69) is 0 Å². The third-order valence-electron chi connectivity index (χ3n) is 3.85. The number of alkyl halides is 6. The van der Waals surface area contributed by atoms with Gasteiger partial charge in [-0.1, -0.05) is 0 Å². The van der Waals surface area contributed by atoms with Gasteiger partial charge in [0, 0.05) is 0 Å². The average molecular weight is 612 g/mol. The van der Waals surface area contributed by atoms with Crippen LogP contribution in [-0.4, -0.2) is 0 Å². The molecule has 1 aliphatic rings. The predicted octanol–water partition coefficient (Wildman–Crippen LogP) is -3.12. The van der Waals surface area contributed by atoms with Crippen molar-refractivity contribution in [3.63, 3.8) is 0 Å². The van der Waals surface area contributed by atoms with Crippen LogP contribution in [0, 0.1) is 0 Å². The molecule has 0 nitrogen and oxygen atoms in total. The fourth-order valence-corrected chi connectivity index (χ4v) is 4.54. The molecule has 144 valence electrons. The van der Waals surface area contributed by atoms with E-state index in [4.69, 9.17) is 0 Å². The summed E-state index contributed by atoms with van der Waals surface area (Å²) in [6, 6.07) is 9.04. The van der Waals surface area contributed by atoms with Crippen molar-refractivity contribution in [1.29, 1.82) is 0 Å². The van der Waals surface area contributed by atoms with Crippen molar-refractivity contribution in [3.05, 3.63) is 70.3 Å². The Morgan fingerprint density at radius 1 is 0.741 bits per heavy atom. The van der Waals surface area contributed by atoms with E-state index in [1.54, 1.807) is 12.1 Å². The minimum absolute atomic E-state index is 0. The van der Waals surface area contributed by atoms with Crippen LogP contribution in [0.15, 0.2) is 42.5 Å². The van der Waals surface area contributed by atoms with E-state index in [1.807, 2.05) is 18.2 Å². The van der Waals surface area contributed by atoms with E-state index < -0.39 is 23.5 Å². The summed E-state index contributed by atoms with van der Waals surface area (Å²) in [5.41, 5.74) is -0.271. The van der Waals surface area contributed by atoms with E-state index in [0.29, 0.717) is 29.9 Å². The molecule has 0 fully saturated rings. The molecule has 0 saturated carbocycles. The molecule has 2 aromatic carbocycles. The second kappa shape index (κ2) is 9.33. The Bertz CT molecular complexity index is 798. The van der Waals surface area contributed by atoms with Crippen LogP contribution in [-0.2, 0) is 36.7 Å². The van der Waals surface area contributed by atoms with Crippen molar-refractivity contribution in [3.8, 4) is 0 Å². The second-order valence-corrected chi connectivity index (χ2v) is 7.53. The van der Waals surface area contributed by atoms with Gasteiger partial charge in [-0.15, -0.1) is 0 Å². The van der Waals surface area contributed by atoms with Crippen LogP contribution in [0.4, 0.5) is 26.3 Å². The maximum absolute atomic E-state index is 13.0. The molecule has 0 bridgehead atoms. The monoisotopic (exact) mass is 612 g/mol. The smallest absolute Gasteiger partial charge is 1.00 e. The number of halogens is 9. The minimum atomic E-state index is -4.83. The average Bonchev–Trinajstić information content (AvgIpc) is 2.83. The number of benzene rings is 2. The maximum Gasteiger partial charge on any atom is -1.00 e. The molecule has 0 radical (unpaired) electrons. The summed E-state index contributed by atoms with van der Waals surface area (Å²) in [6.45, 7) is 0. The molecular formula is C17H9Cl3F6Hf. The summed E-state index contributed by atoms with van der Waals surface area (Å²) < 4.78 is 77.9. The topological polar surface area (TPSA) is 0 Å². The zero-order valence-corrected chi connectivity index (χ0v) is 19.0. The van der Waals surface area contributed by atoms with Crippen LogP contribution in [0.5, 0.6) is 0 Å². The van der Waals surface area contributed by atoms with Gasteiger partial charge < -0.3 is 37.2 Å². The van der Waals surface area contributed by atoms with Gasteiger partial charge >= 0.3 is 149 Å². The Balaban J connectivity index is 0.00000225. The largest absolute Gasteiger partial charge is 1.00 e. The molecule has 1 aliphatic carbocycles. The molecule has 2 aromatic rings. The van der Waals surface area contributed by atoms with Crippen LogP contribution in [0.2, 0.25) is 0 Å². The van der Waals surface area contributed by atoms with Crippen molar-refractivity contribution >= 4 is 11.6 Å². The van der Waals surface area contributed by atoms with Crippen LogP contribution in [0.25, 0.3) is 11.6 Å². The summed E-state index contributed by atoms with van der Waals surface area (Å²) in [5, 5.41) is 0. The van der Waals surface area contributed by atoms with Gasteiger partial charge in [0.15, 0.2) is 0 Å². The summed E-state index contributed by atoms with van der Waals surface area (Å²) in [4.78, 5) is 0. The fourth-order valence-electron chi connectivity index (χ4n) is 2.70. The third-order valence-corrected chi connectivity index (χ3v) is 6.08. The third kappa shape index (κ3) is 5.52. The Kier molecular flexibility index (Phi) is 9.16. The first kappa shape index (κ1) is 26.5. The van der Waals surface area contributed by atoms with Gasteiger partial charge in [0.2, 0.25) is 0 Å². The normalized spacial score (nSPS) is 15.7. The summed E-state index contributed by atoms with van der Waals surface area (Å²) >= 11 is 0.591. The van der Waals surface area contributed by atoms with Gasteiger partial charge in [0.25, 0.3) is 0 Å². The molecule has 27 heavy (non-hydrogen) atoms. The van der Waals surface area contributed by atoms with Crippen LogP contribution in [0.1, 0.15) is 31.5 Å². The molecule has 0 heterocycles. The van der Waals surface area contributed by atoms with E-state index in [-0.39, 0.29) is 52.5 Å². The minimum Gasteiger partial charge on any atom is -1.00 e. The summed E-state index contributed by atoms with van der Waals surface area (Å²) in [7, 11) is 0. The molecule has 0 amide bonds. The van der Waals surface area contributed by atoms with Crippen LogP contribution >= 0.6 is 0 Å². The van der Waals surface area contributed by atoms with Crippen molar-refractivity contribution in [2.45, 2.75) is 16.0 Å². The second-order valence-electron chi connectivity index (χ2n) is 5.46. The SMILES string of the molecule is FC(F)(F)c1cc(C2=Cc3ccccc3[CH]2[Hf+3])cc(C(F)(F)F)c1.[Cl-].[Cl-].[Cl-]. The van der Waals surface area contributed by atoms with Gasteiger partial charge in [-0.2, -0.15) is 0 Å². The first-order valence-electron chi connectivity index (χ1n) is 6.89. The van der Waals surface area contributed by atoms with Crippen LogP contribution < -0.4 is 37.2 Å². The van der Waals surface area contributed by atoms with Crippen molar-refractivity contribution in [2.24, 2.45) is 0 Å². The molecule has 1 atom stereocenters. The molecular weight excluding hydrogens is 603 g/mol. The molecule has 0 spiro atoms. The molecule has 0 saturated heterocycles. The van der Waals surface area contributed by atoms with Crippen molar-refractivity contribution < 1.29 is 87.9 Å². The predicted molar refractivity (Wildman–Crippen MR) is 73.5 cm³/mol. The Labute approximate surface area is 185 Å². The standard InChI is InChI=1S/C17H9F6.3ClH.Hf/c18-16(19,20)14-7-13(8-15(9-14)17(21,22)23)12-5-10-3-1-2-4-11(10)6-12;;;;/h1-9H;3*1H;/q;;;;+3/p-3. The summed E-state index contributed by atoms with van der Waals surface area (Å²) in [6.07, 6.45) is -7.98. The number of fused-ring (bicyclic) bond motifs is 1. The number of hydrogen-bond acceptors (Lipinski definition) is 0. The van der Waals surface area contributed by atoms with Gasteiger partial charge in [-0.3, -0.25) is 0 Å². The number of allylic oxidation sites excluding steroid dienone is 1. The van der Waals surface area contributed by atoms with Crippen molar-refractivity contribution in [1.82, 2.24) is 0 Å². The maximum atomic E-state index is 13.0. The molecule has 0 aliphatic heterocycles. The molecule has 3 rings (SSSR count). The first-order valence-corrected chi connectivity index (χ1v) is 8.96. The zero-order valence-electron chi connectivity index (χ0n) is 13.1. The molecule has 0 N–H and O–H groups in total. The summed E-state index contributed by atoms with van der Waals surface area (Å²) in [5.74, 6) is 0. The Morgan fingerprint density at radius 2 is 1.22 bits per heavy atom. The molecule has 1 unspecified atom stereocenters. The molecule has 10 heteroatoms. The van der Waals surface area contributed by atoms with Gasteiger partial charge in [0.05, 0.1) is 0 Å². The Morgan fingerprint density at radius 3 is 1.67 bits per heavy atom. The van der Waals surface area contributed by atoms with E-state index in [9.17, 15) is 26.3 Å².